The number of amides is 2. The summed E-state index contributed by atoms with van der Waals surface area (Å²) in [5, 5.41) is 2.88. The van der Waals surface area contributed by atoms with E-state index < -0.39 is 11.2 Å². The number of amidine groups is 1. The molecule has 1 aliphatic rings. The molecule has 7 nitrogen and oxygen atoms in total. The maximum atomic E-state index is 12.9. The van der Waals surface area contributed by atoms with E-state index >= 15 is 0 Å². The van der Waals surface area contributed by atoms with Crippen molar-refractivity contribution in [3.05, 3.63) is 59.7 Å². The summed E-state index contributed by atoms with van der Waals surface area (Å²) in [6.45, 7) is 6.50. The summed E-state index contributed by atoms with van der Waals surface area (Å²) in [4.78, 5) is 43.5. The van der Waals surface area contributed by atoms with Gasteiger partial charge in [-0.25, -0.2) is 9.79 Å². The predicted molar refractivity (Wildman–Crippen MR) is 127 cm³/mol. The van der Waals surface area contributed by atoms with E-state index in [0.29, 0.717) is 29.6 Å². The number of carbonyl (C=O) groups is 3. The highest BCUT2D eigenvalue weighted by Crippen LogP contribution is 2.32. The first-order valence-electron chi connectivity index (χ1n) is 10.7. The average molecular weight is 454 g/mol. The van der Waals surface area contributed by atoms with Crippen LogP contribution in [0.1, 0.15) is 43.1 Å². The number of thioether (sulfide) groups is 1. The molecule has 2 aromatic carbocycles. The number of ether oxygens (including phenoxy) is 1. The zero-order valence-electron chi connectivity index (χ0n) is 18.5. The lowest BCUT2D eigenvalue weighted by molar-refractivity contribution is -0.128. The lowest BCUT2D eigenvalue weighted by atomic mass is 10.1. The van der Waals surface area contributed by atoms with Gasteiger partial charge >= 0.3 is 5.97 Å². The number of para-hydroxylation sites is 1. The van der Waals surface area contributed by atoms with Crippen molar-refractivity contribution in [2.24, 2.45) is 4.99 Å². The van der Waals surface area contributed by atoms with Crippen LogP contribution in [0.5, 0.6) is 0 Å². The van der Waals surface area contributed by atoms with Gasteiger partial charge in [-0.05, 0) is 56.2 Å². The van der Waals surface area contributed by atoms with Crippen LogP contribution in [-0.2, 0) is 20.7 Å². The second kappa shape index (κ2) is 10.9. The molecule has 1 saturated heterocycles. The van der Waals surface area contributed by atoms with Gasteiger partial charge in [0.15, 0.2) is 5.17 Å². The molecular formula is C24H27N3O4S. The first kappa shape index (κ1) is 23.5. The Hall–Kier alpha value is -3.13. The average Bonchev–Trinajstić information content (AvgIpc) is 3.08. The lowest BCUT2D eigenvalue weighted by Crippen LogP contribution is -2.33. The van der Waals surface area contributed by atoms with Crippen LogP contribution in [0.25, 0.3) is 0 Å². The van der Waals surface area contributed by atoms with Gasteiger partial charge in [0.2, 0.25) is 11.8 Å². The molecule has 0 aromatic heterocycles. The molecule has 8 heteroatoms. The van der Waals surface area contributed by atoms with Gasteiger partial charge in [-0.15, -0.1) is 0 Å². The molecule has 1 N–H and O–H groups in total. The van der Waals surface area contributed by atoms with Crippen LogP contribution in [0.15, 0.2) is 53.5 Å². The Morgan fingerprint density at radius 1 is 1.09 bits per heavy atom. The van der Waals surface area contributed by atoms with Gasteiger partial charge < -0.3 is 10.1 Å². The summed E-state index contributed by atoms with van der Waals surface area (Å²) in [5.74, 6) is -0.793. The highest BCUT2D eigenvalue weighted by Gasteiger charge is 2.38. The fraction of sp³-hybridized carbons (Fsp3) is 0.333. The zero-order valence-corrected chi connectivity index (χ0v) is 19.3. The number of hydrogen-bond acceptors (Lipinski definition) is 6. The molecule has 1 heterocycles. The third-order valence-electron chi connectivity index (χ3n) is 4.98. The highest BCUT2D eigenvalue weighted by atomic mass is 32.2. The van der Waals surface area contributed by atoms with Crippen LogP contribution >= 0.6 is 11.8 Å². The van der Waals surface area contributed by atoms with Crippen molar-refractivity contribution < 1.29 is 19.1 Å². The Kier molecular flexibility index (Phi) is 8.05. The minimum atomic E-state index is -0.527. The fourth-order valence-electron chi connectivity index (χ4n) is 3.32. The van der Waals surface area contributed by atoms with Crippen molar-refractivity contribution in [2.45, 2.75) is 38.9 Å². The van der Waals surface area contributed by atoms with E-state index in [1.165, 1.54) is 11.8 Å². The molecule has 0 saturated carbocycles. The molecule has 3 rings (SSSR count). The maximum Gasteiger partial charge on any atom is 0.338 e. The topological polar surface area (TPSA) is 88.1 Å². The fourth-order valence-corrected chi connectivity index (χ4v) is 4.54. The third kappa shape index (κ3) is 5.56. The molecule has 1 aliphatic heterocycles. The van der Waals surface area contributed by atoms with Gasteiger partial charge in [-0.1, -0.05) is 36.9 Å². The smallest absolute Gasteiger partial charge is 0.338 e. The van der Waals surface area contributed by atoms with Gasteiger partial charge in [0.1, 0.15) is 5.25 Å². The van der Waals surface area contributed by atoms with E-state index in [2.05, 4.69) is 12.2 Å². The number of aliphatic imine (C=N–C) groups is 1. The van der Waals surface area contributed by atoms with Crippen molar-refractivity contribution >= 4 is 46.1 Å². The number of aryl methyl sites for hydroxylation is 1. The number of hydrogen-bond donors (Lipinski definition) is 1. The largest absolute Gasteiger partial charge is 0.462 e. The first-order valence-corrected chi connectivity index (χ1v) is 11.6. The third-order valence-corrected chi connectivity index (χ3v) is 6.15. The van der Waals surface area contributed by atoms with Crippen molar-refractivity contribution in [1.82, 2.24) is 4.90 Å². The van der Waals surface area contributed by atoms with Gasteiger partial charge in [-0.3, -0.25) is 14.5 Å². The normalized spacial score (nSPS) is 17.0. The van der Waals surface area contributed by atoms with E-state index in [9.17, 15) is 14.4 Å². The van der Waals surface area contributed by atoms with Crippen molar-refractivity contribution in [2.75, 3.05) is 18.5 Å². The summed E-state index contributed by atoms with van der Waals surface area (Å²) in [6, 6.07) is 14.3. The van der Waals surface area contributed by atoms with Crippen LogP contribution < -0.4 is 5.32 Å². The van der Waals surface area contributed by atoms with E-state index in [1.807, 2.05) is 31.2 Å². The Balaban J connectivity index is 1.67. The number of benzene rings is 2. The number of nitrogens with one attached hydrogen (secondary N) is 1. The number of esters is 1. The zero-order chi connectivity index (χ0) is 23.1. The van der Waals surface area contributed by atoms with Crippen LogP contribution in [-0.4, -0.2) is 46.3 Å². The van der Waals surface area contributed by atoms with Gasteiger partial charge in [-0.2, -0.15) is 0 Å². The molecule has 1 unspecified atom stereocenters. The Labute approximate surface area is 192 Å². The summed E-state index contributed by atoms with van der Waals surface area (Å²) >= 11 is 1.32. The Morgan fingerprint density at radius 2 is 1.81 bits per heavy atom. The number of nitrogens with zero attached hydrogens (tertiary/aromatic N) is 2. The summed E-state index contributed by atoms with van der Waals surface area (Å²) in [6.07, 6.45) is 0.882. The van der Waals surface area contributed by atoms with Gasteiger partial charge in [0, 0.05) is 18.7 Å². The monoisotopic (exact) mass is 453 g/mol. The molecule has 0 radical (unpaired) electrons. The predicted octanol–water partition coefficient (Wildman–Crippen LogP) is 4.41. The molecule has 2 aromatic rings. The minimum Gasteiger partial charge on any atom is -0.462 e. The van der Waals surface area contributed by atoms with E-state index in [-0.39, 0.29) is 18.2 Å². The van der Waals surface area contributed by atoms with Crippen molar-refractivity contribution in [3.8, 4) is 0 Å². The van der Waals surface area contributed by atoms with Crippen molar-refractivity contribution in [3.63, 3.8) is 0 Å². The van der Waals surface area contributed by atoms with E-state index in [4.69, 9.17) is 9.73 Å². The van der Waals surface area contributed by atoms with Gasteiger partial charge in [0.25, 0.3) is 0 Å². The van der Waals surface area contributed by atoms with Crippen LogP contribution in [0, 0.1) is 0 Å². The van der Waals surface area contributed by atoms with E-state index in [1.54, 1.807) is 36.1 Å². The van der Waals surface area contributed by atoms with Crippen LogP contribution in [0.2, 0.25) is 0 Å². The van der Waals surface area contributed by atoms with Crippen molar-refractivity contribution in [1.29, 1.82) is 0 Å². The number of anilines is 1. The van der Waals surface area contributed by atoms with E-state index in [0.717, 1.165) is 17.7 Å². The Morgan fingerprint density at radius 3 is 2.47 bits per heavy atom. The molecule has 0 aliphatic carbocycles. The standard InChI is InChI=1S/C24H27N3O4S/c1-4-16-9-7-8-10-19(16)26-24-27(5-2)22(29)20(32-24)15-21(28)25-18-13-11-17(12-14-18)23(30)31-6-3/h7-14,20H,4-6,15H2,1-3H3,(H,25,28). The van der Waals surface area contributed by atoms with Crippen LogP contribution in [0.3, 0.4) is 0 Å². The summed E-state index contributed by atoms with van der Waals surface area (Å²) < 4.78 is 4.95. The molecule has 168 valence electrons. The Bertz CT molecular complexity index is 1020. The molecule has 32 heavy (non-hydrogen) atoms. The molecule has 0 spiro atoms. The molecule has 1 atom stereocenters. The summed E-state index contributed by atoms with van der Waals surface area (Å²) in [5.41, 5.74) is 2.92. The maximum absolute atomic E-state index is 12.9. The SMILES string of the molecule is CCOC(=O)c1ccc(NC(=O)CC2SC(=Nc3ccccc3CC)N(CC)C2=O)cc1. The molecule has 2 amide bonds. The quantitative estimate of drug-likeness (QED) is 0.599. The first-order chi connectivity index (χ1) is 15.5. The molecule has 0 bridgehead atoms. The van der Waals surface area contributed by atoms with Gasteiger partial charge in [0.05, 0.1) is 17.9 Å². The minimum absolute atomic E-state index is 0.0358. The second-order valence-electron chi connectivity index (χ2n) is 7.12. The second-order valence-corrected chi connectivity index (χ2v) is 8.29. The number of rotatable bonds is 8. The molecular weight excluding hydrogens is 426 g/mol. The summed E-state index contributed by atoms with van der Waals surface area (Å²) in [7, 11) is 0. The highest BCUT2D eigenvalue weighted by molar-refractivity contribution is 8.15. The molecule has 1 fully saturated rings. The van der Waals surface area contributed by atoms with Crippen LogP contribution in [0.4, 0.5) is 11.4 Å². The number of carbonyl (C=O) groups excluding carboxylic acids is 3. The lowest BCUT2D eigenvalue weighted by Gasteiger charge is -2.14.